The van der Waals surface area contributed by atoms with Crippen LogP contribution in [0.4, 0.5) is 0 Å². The molecular weight excluding hydrogens is 251 g/mol. The average molecular weight is 265 g/mol. The van der Waals surface area contributed by atoms with Crippen LogP contribution in [0.15, 0.2) is 12.1 Å². The van der Waals surface area contributed by atoms with Crippen molar-refractivity contribution in [1.29, 1.82) is 0 Å². The number of benzene rings is 1. The highest BCUT2D eigenvalue weighted by Crippen LogP contribution is 2.32. The van der Waals surface area contributed by atoms with E-state index >= 15 is 0 Å². The van der Waals surface area contributed by atoms with Gasteiger partial charge in [0, 0.05) is 17.0 Å². The van der Waals surface area contributed by atoms with Crippen molar-refractivity contribution in [2.24, 2.45) is 0 Å². The van der Waals surface area contributed by atoms with Crippen LogP contribution in [0.2, 0.25) is 10.0 Å². The summed E-state index contributed by atoms with van der Waals surface area (Å²) in [5.74, 6) is 0.425. The van der Waals surface area contributed by atoms with Gasteiger partial charge in [-0.25, -0.2) is 0 Å². The van der Waals surface area contributed by atoms with Crippen molar-refractivity contribution in [2.45, 2.75) is 26.1 Å². The maximum Gasteiger partial charge on any atom is 0.143 e. The predicted molar refractivity (Wildman–Crippen MR) is 64.2 cm³/mol. The molecule has 0 spiro atoms. The second kappa shape index (κ2) is 6.30. The molecule has 0 amide bonds. The van der Waals surface area contributed by atoms with E-state index in [1.54, 1.807) is 19.1 Å². The first-order chi connectivity index (χ1) is 7.54. The van der Waals surface area contributed by atoms with Gasteiger partial charge in [0.25, 0.3) is 0 Å². The highest BCUT2D eigenvalue weighted by molar-refractivity contribution is 6.35. The van der Waals surface area contributed by atoms with Crippen LogP contribution < -0.4 is 4.74 Å². The highest BCUT2D eigenvalue weighted by Gasteiger charge is 2.10. The standard InChI is InChI=1S/C11H14Cl2O3/c1-7(15)2-3-16-11-8(6-14)4-9(12)5-10(11)13/h4-5,7,14-15H,2-3,6H2,1H3. The average Bonchev–Trinajstić information content (AvgIpc) is 2.20. The Morgan fingerprint density at radius 2 is 2.06 bits per heavy atom. The summed E-state index contributed by atoms with van der Waals surface area (Å²) in [5, 5.41) is 19.0. The second-order valence-corrected chi connectivity index (χ2v) is 4.36. The third-order valence-electron chi connectivity index (χ3n) is 2.04. The zero-order chi connectivity index (χ0) is 12.1. The maximum absolute atomic E-state index is 9.13. The van der Waals surface area contributed by atoms with Crippen LogP contribution in [0.3, 0.4) is 0 Å². The summed E-state index contributed by atoms with van der Waals surface area (Å²) in [7, 11) is 0. The summed E-state index contributed by atoms with van der Waals surface area (Å²) in [5.41, 5.74) is 0.545. The van der Waals surface area contributed by atoms with Crippen LogP contribution in [-0.4, -0.2) is 22.9 Å². The lowest BCUT2D eigenvalue weighted by Gasteiger charge is -2.13. The first-order valence-corrected chi connectivity index (χ1v) is 5.69. The molecule has 0 aliphatic heterocycles. The number of aliphatic hydroxyl groups excluding tert-OH is 2. The molecule has 0 aliphatic carbocycles. The lowest BCUT2D eigenvalue weighted by Crippen LogP contribution is -2.08. The summed E-state index contributed by atoms with van der Waals surface area (Å²) >= 11 is 11.7. The minimum absolute atomic E-state index is 0.190. The third-order valence-corrected chi connectivity index (χ3v) is 2.54. The fourth-order valence-corrected chi connectivity index (χ4v) is 1.81. The van der Waals surface area contributed by atoms with Gasteiger partial charge in [0.15, 0.2) is 0 Å². The molecule has 1 unspecified atom stereocenters. The summed E-state index contributed by atoms with van der Waals surface area (Å²) in [6, 6.07) is 3.16. The number of hydrogen-bond acceptors (Lipinski definition) is 3. The Morgan fingerprint density at radius 1 is 1.38 bits per heavy atom. The number of hydrogen-bond donors (Lipinski definition) is 2. The molecule has 0 bridgehead atoms. The van der Waals surface area contributed by atoms with E-state index in [0.29, 0.717) is 34.4 Å². The van der Waals surface area contributed by atoms with Gasteiger partial charge in [-0.2, -0.15) is 0 Å². The van der Waals surface area contributed by atoms with Gasteiger partial charge in [-0.3, -0.25) is 0 Å². The minimum Gasteiger partial charge on any atom is -0.492 e. The molecule has 2 N–H and O–H groups in total. The topological polar surface area (TPSA) is 49.7 Å². The molecule has 3 nitrogen and oxygen atoms in total. The Labute approximate surface area is 105 Å². The van der Waals surface area contributed by atoms with Gasteiger partial charge >= 0.3 is 0 Å². The first-order valence-electron chi connectivity index (χ1n) is 4.94. The third kappa shape index (κ3) is 3.83. The van der Waals surface area contributed by atoms with Gasteiger partial charge in [0.2, 0.25) is 0 Å². The van der Waals surface area contributed by atoms with Crippen LogP contribution in [0, 0.1) is 0 Å². The molecule has 0 heterocycles. The van der Waals surface area contributed by atoms with E-state index in [2.05, 4.69) is 0 Å². The lowest BCUT2D eigenvalue weighted by atomic mass is 10.2. The van der Waals surface area contributed by atoms with Crippen molar-refractivity contribution < 1.29 is 14.9 Å². The van der Waals surface area contributed by atoms with Crippen molar-refractivity contribution in [3.05, 3.63) is 27.7 Å². The quantitative estimate of drug-likeness (QED) is 0.860. The molecule has 0 fully saturated rings. The molecule has 1 atom stereocenters. The van der Waals surface area contributed by atoms with Crippen molar-refractivity contribution in [1.82, 2.24) is 0 Å². The molecule has 0 aromatic heterocycles. The van der Waals surface area contributed by atoms with Crippen LogP contribution in [0.25, 0.3) is 0 Å². The van der Waals surface area contributed by atoms with Crippen LogP contribution in [0.1, 0.15) is 18.9 Å². The normalized spacial score (nSPS) is 12.6. The van der Waals surface area contributed by atoms with E-state index in [9.17, 15) is 0 Å². The Bertz CT molecular complexity index is 353. The van der Waals surface area contributed by atoms with E-state index in [-0.39, 0.29) is 6.61 Å². The molecule has 0 saturated heterocycles. The number of aliphatic hydroxyl groups is 2. The zero-order valence-electron chi connectivity index (χ0n) is 8.91. The molecular formula is C11H14Cl2O3. The second-order valence-electron chi connectivity index (χ2n) is 3.52. The number of halogens is 2. The van der Waals surface area contributed by atoms with Crippen molar-refractivity contribution in [3.8, 4) is 5.75 Å². The number of ether oxygens (including phenoxy) is 1. The highest BCUT2D eigenvalue weighted by atomic mass is 35.5. The van der Waals surface area contributed by atoms with E-state index < -0.39 is 6.10 Å². The molecule has 5 heteroatoms. The van der Waals surface area contributed by atoms with Crippen LogP contribution >= 0.6 is 23.2 Å². The van der Waals surface area contributed by atoms with Crippen LogP contribution in [-0.2, 0) is 6.61 Å². The first kappa shape index (κ1) is 13.6. The van der Waals surface area contributed by atoms with Crippen molar-refractivity contribution in [2.75, 3.05) is 6.61 Å². The van der Waals surface area contributed by atoms with Gasteiger partial charge in [0.05, 0.1) is 24.3 Å². The molecule has 0 aliphatic rings. The Morgan fingerprint density at radius 3 is 2.62 bits per heavy atom. The Hall–Kier alpha value is -0.480. The Kier molecular flexibility index (Phi) is 5.35. The molecule has 1 aromatic rings. The minimum atomic E-state index is -0.427. The fraction of sp³-hybridized carbons (Fsp3) is 0.455. The van der Waals surface area contributed by atoms with Crippen LogP contribution in [0.5, 0.6) is 5.75 Å². The fourth-order valence-electron chi connectivity index (χ4n) is 1.22. The van der Waals surface area contributed by atoms with Crippen molar-refractivity contribution >= 4 is 23.2 Å². The molecule has 1 aromatic carbocycles. The van der Waals surface area contributed by atoms with Gasteiger partial charge < -0.3 is 14.9 Å². The molecule has 16 heavy (non-hydrogen) atoms. The van der Waals surface area contributed by atoms with E-state index in [1.807, 2.05) is 0 Å². The SMILES string of the molecule is CC(O)CCOc1c(Cl)cc(Cl)cc1CO. The number of rotatable bonds is 5. The maximum atomic E-state index is 9.13. The zero-order valence-corrected chi connectivity index (χ0v) is 10.4. The van der Waals surface area contributed by atoms with Crippen molar-refractivity contribution in [3.63, 3.8) is 0 Å². The molecule has 1 rings (SSSR count). The van der Waals surface area contributed by atoms with E-state index in [1.165, 1.54) is 0 Å². The largest absolute Gasteiger partial charge is 0.492 e. The Balaban J connectivity index is 2.77. The van der Waals surface area contributed by atoms with E-state index in [0.717, 1.165) is 0 Å². The summed E-state index contributed by atoms with van der Waals surface area (Å²) < 4.78 is 5.41. The lowest BCUT2D eigenvalue weighted by molar-refractivity contribution is 0.154. The molecule has 90 valence electrons. The smallest absolute Gasteiger partial charge is 0.143 e. The van der Waals surface area contributed by atoms with Gasteiger partial charge in [-0.1, -0.05) is 23.2 Å². The summed E-state index contributed by atoms with van der Waals surface area (Å²) in [6.07, 6.45) is 0.0766. The predicted octanol–water partition coefficient (Wildman–Crippen LogP) is 2.64. The summed E-state index contributed by atoms with van der Waals surface area (Å²) in [4.78, 5) is 0. The van der Waals surface area contributed by atoms with Gasteiger partial charge in [-0.15, -0.1) is 0 Å². The van der Waals surface area contributed by atoms with E-state index in [4.69, 9.17) is 38.2 Å². The van der Waals surface area contributed by atoms with Gasteiger partial charge in [-0.05, 0) is 19.1 Å². The summed E-state index contributed by atoms with van der Waals surface area (Å²) in [6.45, 7) is 1.83. The van der Waals surface area contributed by atoms with Gasteiger partial charge in [0.1, 0.15) is 5.75 Å². The molecule has 0 radical (unpaired) electrons. The monoisotopic (exact) mass is 264 g/mol. The molecule has 0 saturated carbocycles.